The Morgan fingerprint density at radius 2 is 1.68 bits per heavy atom. The first kappa shape index (κ1) is 13.9. The molecule has 2 aromatic carbocycles. The van der Waals surface area contributed by atoms with Gasteiger partial charge in [-0.2, -0.15) is 0 Å². The Balaban J connectivity index is 2.59. The lowest BCUT2D eigenvalue weighted by Gasteiger charge is -2.15. The summed E-state index contributed by atoms with van der Waals surface area (Å²) in [5.74, 6) is -2.61. The van der Waals surface area contributed by atoms with E-state index in [0.717, 1.165) is 18.2 Å². The molecule has 0 aliphatic rings. The Bertz CT molecular complexity index is 628. The number of benzene rings is 2. The van der Waals surface area contributed by atoms with E-state index in [1.807, 2.05) is 0 Å². The van der Waals surface area contributed by atoms with Crippen molar-refractivity contribution in [3.05, 3.63) is 69.5 Å². The highest BCUT2D eigenvalue weighted by Crippen LogP contribution is 2.31. The molecule has 2 aromatic rings. The molecule has 0 bridgehead atoms. The Hall–Kier alpha value is -1.52. The van der Waals surface area contributed by atoms with Gasteiger partial charge < -0.3 is 5.11 Å². The highest BCUT2D eigenvalue weighted by Gasteiger charge is 2.23. The van der Waals surface area contributed by atoms with Gasteiger partial charge in [-0.15, -0.1) is 0 Å². The SMILES string of the molecule is Cc1ccc(F)c(C(O)c2cc(Cl)ccc2F)c1F. The normalized spacial score (nSPS) is 12.5. The van der Waals surface area contributed by atoms with Crippen LogP contribution in [0.5, 0.6) is 0 Å². The minimum atomic E-state index is -1.75. The second-order valence-corrected chi connectivity index (χ2v) is 4.60. The second-order valence-electron chi connectivity index (χ2n) is 4.16. The maximum absolute atomic E-state index is 13.9. The molecule has 5 heteroatoms. The monoisotopic (exact) mass is 286 g/mol. The van der Waals surface area contributed by atoms with Crippen molar-refractivity contribution >= 4 is 11.6 Å². The van der Waals surface area contributed by atoms with Crippen molar-refractivity contribution in [2.24, 2.45) is 0 Å². The number of hydrogen-bond donors (Lipinski definition) is 1. The van der Waals surface area contributed by atoms with Crippen molar-refractivity contribution < 1.29 is 18.3 Å². The Kier molecular flexibility index (Phi) is 3.83. The highest BCUT2D eigenvalue weighted by atomic mass is 35.5. The van der Waals surface area contributed by atoms with Crippen LogP contribution in [0.15, 0.2) is 30.3 Å². The smallest absolute Gasteiger partial charge is 0.135 e. The first-order chi connectivity index (χ1) is 8.91. The standard InChI is InChI=1S/C14H10ClF3O/c1-7-2-4-11(17)12(13(7)18)14(19)9-6-8(15)3-5-10(9)16/h2-6,14,19H,1H3. The van der Waals surface area contributed by atoms with Gasteiger partial charge in [0.25, 0.3) is 0 Å². The van der Waals surface area contributed by atoms with Gasteiger partial charge in [-0.25, -0.2) is 13.2 Å². The summed E-state index contributed by atoms with van der Waals surface area (Å²) in [6, 6.07) is 5.74. The third-order valence-corrected chi connectivity index (χ3v) is 3.08. The minimum absolute atomic E-state index is 0.165. The molecule has 0 radical (unpaired) electrons. The van der Waals surface area contributed by atoms with E-state index in [-0.39, 0.29) is 16.1 Å². The Morgan fingerprint density at radius 1 is 1.05 bits per heavy atom. The number of aliphatic hydroxyl groups is 1. The molecule has 0 aliphatic carbocycles. The molecule has 0 fully saturated rings. The van der Waals surface area contributed by atoms with Crippen molar-refractivity contribution in [1.29, 1.82) is 0 Å². The van der Waals surface area contributed by atoms with Crippen molar-refractivity contribution in [2.75, 3.05) is 0 Å². The average Bonchev–Trinajstić information content (AvgIpc) is 2.37. The van der Waals surface area contributed by atoms with Crippen LogP contribution in [0.4, 0.5) is 13.2 Å². The summed E-state index contributed by atoms with van der Waals surface area (Å²) in [6.07, 6.45) is -1.75. The lowest BCUT2D eigenvalue weighted by Crippen LogP contribution is -2.09. The van der Waals surface area contributed by atoms with Crippen LogP contribution in [0.2, 0.25) is 5.02 Å². The highest BCUT2D eigenvalue weighted by molar-refractivity contribution is 6.30. The summed E-state index contributed by atoms with van der Waals surface area (Å²) in [5.41, 5.74) is -0.685. The van der Waals surface area contributed by atoms with Crippen LogP contribution in [0.25, 0.3) is 0 Å². The predicted octanol–water partition coefficient (Wildman–Crippen LogP) is 4.15. The Labute approximate surface area is 113 Å². The van der Waals surface area contributed by atoms with Gasteiger partial charge in [0.05, 0.1) is 5.56 Å². The molecule has 1 N–H and O–H groups in total. The largest absolute Gasteiger partial charge is 0.383 e. The number of halogens is 4. The predicted molar refractivity (Wildman–Crippen MR) is 66.6 cm³/mol. The van der Waals surface area contributed by atoms with E-state index in [1.165, 1.54) is 19.1 Å². The topological polar surface area (TPSA) is 20.2 Å². The van der Waals surface area contributed by atoms with E-state index in [2.05, 4.69) is 0 Å². The quantitative estimate of drug-likeness (QED) is 0.879. The van der Waals surface area contributed by atoms with E-state index in [1.54, 1.807) is 0 Å². The fourth-order valence-corrected chi connectivity index (χ4v) is 1.99. The van der Waals surface area contributed by atoms with Gasteiger partial charge in [-0.05, 0) is 36.8 Å². The molecule has 1 unspecified atom stereocenters. The van der Waals surface area contributed by atoms with Crippen molar-refractivity contribution in [3.8, 4) is 0 Å². The lowest BCUT2D eigenvalue weighted by molar-refractivity contribution is 0.204. The van der Waals surface area contributed by atoms with Crippen LogP contribution in [0, 0.1) is 24.4 Å². The van der Waals surface area contributed by atoms with Crippen molar-refractivity contribution in [1.82, 2.24) is 0 Å². The molecule has 1 nitrogen and oxygen atoms in total. The van der Waals surface area contributed by atoms with Crippen molar-refractivity contribution in [3.63, 3.8) is 0 Å². The van der Waals surface area contributed by atoms with E-state index in [0.29, 0.717) is 0 Å². The maximum atomic E-state index is 13.9. The van der Waals surface area contributed by atoms with Gasteiger partial charge in [0.15, 0.2) is 0 Å². The van der Waals surface area contributed by atoms with Crippen LogP contribution < -0.4 is 0 Å². The first-order valence-electron chi connectivity index (χ1n) is 5.49. The van der Waals surface area contributed by atoms with Crippen LogP contribution in [0.1, 0.15) is 22.8 Å². The van der Waals surface area contributed by atoms with Gasteiger partial charge in [0.2, 0.25) is 0 Å². The van der Waals surface area contributed by atoms with Crippen LogP contribution >= 0.6 is 11.6 Å². The number of aliphatic hydroxyl groups excluding tert-OH is 1. The van der Waals surface area contributed by atoms with E-state index >= 15 is 0 Å². The van der Waals surface area contributed by atoms with Crippen LogP contribution in [-0.2, 0) is 0 Å². The maximum Gasteiger partial charge on any atom is 0.135 e. The summed E-state index contributed by atoms with van der Waals surface area (Å²) in [7, 11) is 0. The number of hydrogen-bond acceptors (Lipinski definition) is 1. The lowest BCUT2D eigenvalue weighted by atomic mass is 9.98. The molecule has 0 spiro atoms. The number of aryl methyl sites for hydroxylation is 1. The zero-order valence-electron chi connectivity index (χ0n) is 9.92. The fourth-order valence-electron chi connectivity index (χ4n) is 1.81. The zero-order chi connectivity index (χ0) is 14.2. The fraction of sp³-hybridized carbons (Fsp3) is 0.143. The molecular weight excluding hydrogens is 277 g/mol. The third-order valence-electron chi connectivity index (χ3n) is 2.85. The number of rotatable bonds is 2. The van der Waals surface area contributed by atoms with Gasteiger partial charge in [-0.1, -0.05) is 17.7 Å². The van der Waals surface area contributed by atoms with Crippen LogP contribution in [0.3, 0.4) is 0 Å². The summed E-state index contributed by atoms with van der Waals surface area (Å²) in [4.78, 5) is 0. The van der Waals surface area contributed by atoms with Crippen LogP contribution in [-0.4, -0.2) is 5.11 Å². The zero-order valence-corrected chi connectivity index (χ0v) is 10.7. The Morgan fingerprint density at radius 3 is 2.37 bits per heavy atom. The average molecular weight is 287 g/mol. The molecule has 0 saturated carbocycles. The molecule has 0 aromatic heterocycles. The molecule has 0 aliphatic heterocycles. The second kappa shape index (κ2) is 5.23. The minimum Gasteiger partial charge on any atom is -0.383 e. The molecule has 0 amide bonds. The van der Waals surface area contributed by atoms with E-state index in [9.17, 15) is 18.3 Å². The van der Waals surface area contributed by atoms with Gasteiger partial charge >= 0.3 is 0 Å². The molecule has 19 heavy (non-hydrogen) atoms. The molecule has 0 saturated heterocycles. The van der Waals surface area contributed by atoms with E-state index in [4.69, 9.17) is 11.6 Å². The summed E-state index contributed by atoms with van der Waals surface area (Å²) in [6.45, 7) is 1.43. The van der Waals surface area contributed by atoms with Gasteiger partial charge in [0, 0.05) is 10.6 Å². The third kappa shape index (κ3) is 2.60. The molecule has 1 atom stereocenters. The molecule has 0 heterocycles. The van der Waals surface area contributed by atoms with Gasteiger partial charge in [-0.3, -0.25) is 0 Å². The van der Waals surface area contributed by atoms with E-state index < -0.39 is 29.1 Å². The summed E-state index contributed by atoms with van der Waals surface area (Å²) in [5, 5.41) is 10.2. The summed E-state index contributed by atoms with van der Waals surface area (Å²) < 4.78 is 41.1. The summed E-state index contributed by atoms with van der Waals surface area (Å²) >= 11 is 5.69. The van der Waals surface area contributed by atoms with Crippen molar-refractivity contribution in [2.45, 2.75) is 13.0 Å². The molecular formula is C14H10ClF3O. The first-order valence-corrected chi connectivity index (χ1v) is 5.87. The molecule has 100 valence electrons. The molecule has 2 rings (SSSR count). The van der Waals surface area contributed by atoms with Gasteiger partial charge in [0.1, 0.15) is 23.6 Å².